The quantitative estimate of drug-likeness (QED) is 0.726. The van der Waals surface area contributed by atoms with Crippen molar-refractivity contribution in [2.75, 3.05) is 13.7 Å². The zero-order chi connectivity index (χ0) is 8.97. The van der Waals surface area contributed by atoms with Gasteiger partial charge in [-0.25, -0.2) is 0 Å². The summed E-state index contributed by atoms with van der Waals surface area (Å²) in [6.45, 7) is 4.24. The molecule has 0 aromatic carbocycles. The van der Waals surface area contributed by atoms with Gasteiger partial charge in [-0.2, -0.15) is 0 Å². The van der Waals surface area contributed by atoms with Gasteiger partial charge in [0.15, 0.2) is 0 Å². The molecule has 0 amide bonds. The first-order valence-corrected chi connectivity index (χ1v) is 3.65. The van der Waals surface area contributed by atoms with E-state index in [0.29, 0.717) is 6.54 Å². The van der Waals surface area contributed by atoms with E-state index in [4.69, 9.17) is 10.5 Å². The standard InChI is InChI=1S/C9H12N2O/c1-7(4-10)8-3-9(12-2)6-11-5-8/h3,5-6H,1,4,10H2,2H3. The third kappa shape index (κ3) is 1.83. The van der Waals surface area contributed by atoms with Gasteiger partial charge >= 0.3 is 0 Å². The van der Waals surface area contributed by atoms with Crippen molar-refractivity contribution in [1.82, 2.24) is 4.98 Å². The van der Waals surface area contributed by atoms with Crippen LogP contribution in [0.3, 0.4) is 0 Å². The average molecular weight is 164 g/mol. The van der Waals surface area contributed by atoms with E-state index in [1.165, 1.54) is 0 Å². The summed E-state index contributed by atoms with van der Waals surface area (Å²) in [5.41, 5.74) is 7.22. The normalized spacial score (nSPS) is 9.50. The van der Waals surface area contributed by atoms with Crippen molar-refractivity contribution in [3.8, 4) is 5.75 Å². The number of ether oxygens (including phenoxy) is 1. The Morgan fingerprint density at radius 3 is 3.00 bits per heavy atom. The summed E-state index contributed by atoms with van der Waals surface area (Å²) in [6, 6.07) is 1.86. The molecule has 0 aliphatic rings. The van der Waals surface area contributed by atoms with E-state index in [1.54, 1.807) is 19.5 Å². The van der Waals surface area contributed by atoms with Crippen LogP contribution in [0.15, 0.2) is 25.0 Å². The third-order valence-electron chi connectivity index (χ3n) is 1.60. The molecule has 3 heteroatoms. The SMILES string of the molecule is C=C(CN)c1cncc(OC)c1. The lowest BCUT2D eigenvalue weighted by molar-refractivity contribution is 0.412. The Bertz CT molecular complexity index is 284. The van der Waals surface area contributed by atoms with Crippen LogP contribution in [-0.4, -0.2) is 18.6 Å². The first-order chi connectivity index (χ1) is 5.77. The minimum Gasteiger partial charge on any atom is -0.495 e. The highest BCUT2D eigenvalue weighted by molar-refractivity contribution is 5.64. The molecule has 1 rings (SSSR count). The van der Waals surface area contributed by atoms with E-state index < -0.39 is 0 Å². The van der Waals surface area contributed by atoms with Crippen LogP contribution in [0.1, 0.15) is 5.56 Å². The Hall–Kier alpha value is -1.35. The van der Waals surface area contributed by atoms with Crippen LogP contribution in [0.5, 0.6) is 5.75 Å². The zero-order valence-electron chi connectivity index (χ0n) is 7.08. The zero-order valence-corrected chi connectivity index (χ0v) is 7.08. The first kappa shape index (κ1) is 8.74. The van der Waals surface area contributed by atoms with Gasteiger partial charge in [0.2, 0.25) is 0 Å². The Kier molecular flexibility index (Phi) is 2.82. The van der Waals surface area contributed by atoms with Crippen LogP contribution in [0, 0.1) is 0 Å². The van der Waals surface area contributed by atoms with E-state index in [1.807, 2.05) is 6.07 Å². The molecule has 1 heterocycles. The van der Waals surface area contributed by atoms with E-state index in [2.05, 4.69) is 11.6 Å². The molecule has 0 bridgehead atoms. The Balaban J connectivity index is 2.93. The van der Waals surface area contributed by atoms with Gasteiger partial charge in [0.05, 0.1) is 13.3 Å². The maximum Gasteiger partial charge on any atom is 0.137 e. The fourth-order valence-electron chi connectivity index (χ4n) is 0.842. The molecule has 2 N–H and O–H groups in total. The lowest BCUT2D eigenvalue weighted by Crippen LogP contribution is -2.01. The highest BCUT2D eigenvalue weighted by Gasteiger charge is 1.98. The minimum atomic E-state index is 0.439. The predicted octanol–water partition coefficient (Wildman–Crippen LogP) is 1.06. The molecule has 12 heavy (non-hydrogen) atoms. The minimum absolute atomic E-state index is 0.439. The summed E-state index contributed by atoms with van der Waals surface area (Å²) in [4.78, 5) is 3.98. The van der Waals surface area contributed by atoms with Crippen molar-refractivity contribution >= 4 is 5.57 Å². The third-order valence-corrected chi connectivity index (χ3v) is 1.60. The van der Waals surface area contributed by atoms with Crippen LogP contribution < -0.4 is 10.5 Å². The Morgan fingerprint density at radius 1 is 1.67 bits per heavy atom. The number of pyridine rings is 1. The van der Waals surface area contributed by atoms with Crippen LogP contribution in [-0.2, 0) is 0 Å². The smallest absolute Gasteiger partial charge is 0.137 e. The molecule has 1 aromatic rings. The molecule has 0 aliphatic carbocycles. The van der Waals surface area contributed by atoms with E-state index in [0.717, 1.165) is 16.9 Å². The van der Waals surface area contributed by atoms with E-state index in [9.17, 15) is 0 Å². The van der Waals surface area contributed by atoms with Gasteiger partial charge in [-0.3, -0.25) is 4.98 Å². The molecule has 0 aliphatic heterocycles. The summed E-state index contributed by atoms with van der Waals surface area (Å²) in [6.07, 6.45) is 3.37. The largest absolute Gasteiger partial charge is 0.495 e. The topological polar surface area (TPSA) is 48.1 Å². The van der Waals surface area contributed by atoms with Gasteiger partial charge in [-0.15, -0.1) is 0 Å². The predicted molar refractivity (Wildman–Crippen MR) is 48.9 cm³/mol. The summed E-state index contributed by atoms with van der Waals surface area (Å²) < 4.78 is 5.01. The van der Waals surface area contributed by atoms with Crippen molar-refractivity contribution < 1.29 is 4.74 Å². The Morgan fingerprint density at radius 2 is 2.42 bits per heavy atom. The fraction of sp³-hybridized carbons (Fsp3) is 0.222. The molecule has 64 valence electrons. The fourth-order valence-corrected chi connectivity index (χ4v) is 0.842. The van der Waals surface area contributed by atoms with Crippen LogP contribution >= 0.6 is 0 Å². The maximum atomic E-state index is 5.43. The summed E-state index contributed by atoms with van der Waals surface area (Å²) in [5, 5.41) is 0. The van der Waals surface area contributed by atoms with Crippen LogP contribution in [0.2, 0.25) is 0 Å². The molecular formula is C9H12N2O. The molecule has 0 spiro atoms. The molecule has 3 nitrogen and oxygen atoms in total. The van der Waals surface area contributed by atoms with Crippen LogP contribution in [0.25, 0.3) is 5.57 Å². The number of nitrogens with zero attached hydrogens (tertiary/aromatic N) is 1. The second kappa shape index (κ2) is 3.88. The molecule has 0 saturated heterocycles. The van der Waals surface area contributed by atoms with Gasteiger partial charge in [-0.1, -0.05) is 6.58 Å². The lowest BCUT2D eigenvalue weighted by Gasteiger charge is -2.03. The molecule has 0 atom stereocenters. The average Bonchev–Trinajstić information content (AvgIpc) is 2.17. The van der Waals surface area contributed by atoms with Crippen molar-refractivity contribution in [3.63, 3.8) is 0 Å². The van der Waals surface area contributed by atoms with Gasteiger partial charge in [-0.05, 0) is 11.6 Å². The summed E-state index contributed by atoms with van der Waals surface area (Å²) in [7, 11) is 1.60. The molecule has 1 aromatic heterocycles. The van der Waals surface area contributed by atoms with E-state index in [-0.39, 0.29) is 0 Å². The molecule has 0 fully saturated rings. The number of hydrogen-bond donors (Lipinski definition) is 1. The van der Waals surface area contributed by atoms with E-state index >= 15 is 0 Å². The van der Waals surface area contributed by atoms with Gasteiger partial charge in [0.1, 0.15) is 5.75 Å². The van der Waals surface area contributed by atoms with Gasteiger partial charge < -0.3 is 10.5 Å². The second-order valence-electron chi connectivity index (χ2n) is 2.42. The Labute approximate surface area is 71.9 Å². The van der Waals surface area contributed by atoms with Crippen molar-refractivity contribution in [1.29, 1.82) is 0 Å². The monoisotopic (exact) mass is 164 g/mol. The highest BCUT2D eigenvalue weighted by Crippen LogP contribution is 2.15. The van der Waals surface area contributed by atoms with Crippen molar-refractivity contribution in [2.24, 2.45) is 5.73 Å². The van der Waals surface area contributed by atoms with Crippen molar-refractivity contribution in [2.45, 2.75) is 0 Å². The highest BCUT2D eigenvalue weighted by atomic mass is 16.5. The molecular weight excluding hydrogens is 152 g/mol. The number of hydrogen-bond acceptors (Lipinski definition) is 3. The molecule has 0 radical (unpaired) electrons. The van der Waals surface area contributed by atoms with Gasteiger partial charge in [0.25, 0.3) is 0 Å². The number of nitrogens with two attached hydrogens (primary N) is 1. The number of methoxy groups -OCH3 is 1. The van der Waals surface area contributed by atoms with Crippen LogP contribution in [0.4, 0.5) is 0 Å². The number of rotatable bonds is 3. The lowest BCUT2D eigenvalue weighted by atomic mass is 10.1. The molecule has 0 saturated carbocycles. The number of aromatic nitrogens is 1. The summed E-state index contributed by atoms with van der Waals surface area (Å²) in [5.74, 6) is 0.724. The second-order valence-corrected chi connectivity index (χ2v) is 2.42. The first-order valence-electron chi connectivity index (χ1n) is 3.65. The maximum absolute atomic E-state index is 5.43. The van der Waals surface area contributed by atoms with Crippen molar-refractivity contribution in [3.05, 3.63) is 30.6 Å². The molecule has 0 unspecified atom stereocenters. The summed E-state index contributed by atoms with van der Waals surface area (Å²) >= 11 is 0. The van der Waals surface area contributed by atoms with Gasteiger partial charge in [0, 0.05) is 18.3 Å².